The van der Waals surface area contributed by atoms with Crippen LogP contribution in [-0.2, 0) is 4.79 Å². The molecule has 0 saturated carbocycles. The van der Waals surface area contributed by atoms with Crippen LogP contribution in [0.2, 0.25) is 0 Å². The van der Waals surface area contributed by atoms with E-state index >= 15 is 0 Å². The Kier molecular flexibility index (Phi) is 6.80. The van der Waals surface area contributed by atoms with Crippen molar-refractivity contribution < 1.29 is 14.7 Å². The standard InChI is InChI=1S/C13H25N3O3/c1-10(2)5-6-14-13(19)15-12(18)9-16-7-3-4-11(17)8-16/h10-11,17H,3-9H2,1-2H3,(H2,14,15,18,19)/t11-/m0/s1. The number of carbonyl (C=O) groups excluding carboxylic acids is 2. The summed E-state index contributed by atoms with van der Waals surface area (Å²) in [4.78, 5) is 24.9. The Bertz CT molecular complexity index is 308. The molecule has 19 heavy (non-hydrogen) atoms. The molecule has 3 N–H and O–H groups in total. The maximum atomic E-state index is 11.6. The van der Waals surface area contributed by atoms with E-state index in [1.54, 1.807) is 0 Å². The Morgan fingerprint density at radius 1 is 1.42 bits per heavy atom. The van der Waals surface area contributed by atoms with Crippen molar-refractivity contribution in [2.45, 2.75) is 39.2 Å². The highest BCUT2D eigenvalue weighted by Crippen LogP contribution is 2.08. The molecule has 1 heterocycles. The number of imide groups is 1. The molecule has 0 aromatic rings. The van der Waals surface area contributed by atoms with Crippen LogP contribution in [0.15, 0.2) is 0 Å². The summed E-state index contributed by atoms with van der Waals surface area (Å²) in [6.07, 6.45) is 2.20. The molecule has 6 heteroatoms. The summed E-state index contributed by atoms with van der Waals surface area (Å²) < 4.78 is 0. The Hall–Kier alpha value is -1.14. The van der Waals surface area contributed by atoms with Gasteiger partial charge in [-0.2, -0.15) is 0 Å². The Balaban J connectivity index is 2.17. The van der Waals surface area contributed by atoms with Crippen molar-refractivity contribution in [1.82, 2.24) is 15.5 Å². The van der Waals surface area contributed by atoms with Crippen molar-refractivity contribution >= 4 is 11.9 Å². The highest BCUT2D eigenvalue weighted by atomic mass is 16.3. The van der Waals surface area contributed by atoms with E-state index in [-0.39, 0.29) is 18.6 Å². The number of hydrogen-bond acceptors (Lipinski definition) is 4. The molecule has 0 aliphatic carbocycles. The van der Waals surface area contributed by atoms with Crippen molar-refractivity contribution in [2.24, 2.45) is 5.92 Å². The van der Waals surface area contributed by atoms with Crippen LogP contribution >= 0.6 is 0 Å². The molecular weight excluding hydrogens is 246 g/mol. The molecule has 0 aromatic heterocycles. The topological polar surface area (TPSA) is 81.7 Å². The number of nitrogens with one attached hydrogen (secondary N) is 2. The second kappa shape index (κ2) is 8.12. The highest BCUT2D eigenvalue weighted by molar-refractivity contribution is 5.95. The van der Waals surface area contributed by atoms with Crippen LogP contribution in [0.4, 0.5) is 4.79 Å². The molecule has 1 aliphatic heterocycles. The number of aliphatic hydroxyl groups excluding tert-OH is 1. The maximum Gasteiger partial charge on any atom is 0.321 e. The van der Waals surface area contributed by atoms with Crippen LogP contribution in [-0.4, -0.2) is 54.2 Å². The van der Waals surface area contributed by atoms with Gasteiger partial charge in [0.05, 0.1) is 12.6 Å². The van der Waals surface area contributed by atoms with Crippen molar-refractivity contribution in [2.75, 3.05) is 26.2 Å². The quantitative estimate of drug-likeness (QED) is 0.672. The zero-order valence-corrected chi connectivity index (χ0v) is 11.8. The highest BCUT2D eigenvalue weighted by Gasteiger charge is 2.20. The maximum absolute atomic E-state index is 11.6. The van der Waals surface area contributed by atoms with E-state index in [0.717, 1.165) is 25.8 Å². The SMILES string of the molecule is CC(C)CCNC(=O)NC(=O)CN1CCC[C@H](O)C1. The number of amides is 3. The molecule has 1 aliphatic rings. The first kappa shape index (κ1) is 15.9. The van der Waals surface area contributed by atoms with Crippen molar-refractivity contribution in [3.63, 3.8) is 0 Å². The summed E-state index contributed by atoms with van der Waals surface area (Å²) in [7, 11) is 0. The second-order valence-corrected chi connectivity index (χ2v) is 5.52. The summed E-state index contributed by atoms with van der Waals surface area (Å²) in [5.74, 6) is 0.196. The molecule has 1 atom stereocenters. The van der Waals surface area contributed by atoms with Gasteiger partial charge in [-0.1, -0.05) is 13.8 Å². The first-order chi connectivity index (χ1) is 8.97. The third-order valence-electron chi connectivity index (χ3n) is 3.11. The molecule has 1 saturated heterocycles. The van der Waals surface area contributed by atoms with Gasteiger partial charge in [-0.15, -0.1) is 0 Å². The number of aliphatic hydroxyl groups is 1. The van der Waals surface area contributed by atoms with Gasteiger partial charge >= 0.3 is 6.03 Å². The lowest BCUT2D eigenvalue weighted by molar-refractivity contribution is -0.121. The molecule has 3 amide bonds. The average molecular weight is 271 g/mol. The van der Waals surface area contributed by atoms with E-state index in [1.165, 1.54) is 0 Å². The molecule has 110 valence electrons. The number of rotatable bonds is 5. The number of nitrogens with zero attached hydrogens (tertiary/aromatic N) is 1. The lowest BCUT2D eigenvalue weighted by atomic mass is 10.1. The van der Waals surface area contributed by atoms with Gasteiger partial charge in [0, 0.05) is 13.1 Å². The monoisotopic (exact) mass is 271 g/mol. The van der Waals surface area contributed by atoms with Gasteiger partial charge in [0.15, 0.2) is 0 Å². The van der Waals surface area contributed by atoms with Gasteiger partial charge in [0.1, 0.15) is 0 Å². The fourth-order valence-corrected chi connectivity index (χ4v) is 2.06. The van der Waals surface area contributed by atoms with Crippen molar-refractivity contribution in [1.29, 1.82) is 0 Å². The molecule has 6 nitrogen and oxygen atoms in total. The number of piperidine rings is 1. The third kappa shape index (κ3) is 7.12. The van der Waals surface area contributed by atoms with Crippen LogP contribution in [0.25, 0.3) is 0 Å². The fraction of sp³-hybridized carbons (Fsp3) is 0.846. The Morgan fingerprint density at radius 3 is 2.79 bits per heavy atom. The molecule has 0 bridgehead atoms. The predicted octanol–water partition coefficient (Wildman–Crippen LogP) is 0.315. The number of urea groups is 1. The van der Waals surface area contributed by atoms with Gasteiger partial charge in [-0.3, -0.25) is 15.0 Å². The molecule has 1 rings (SSSR count). The van der Waals surface area contributed by atoms with Gasteiger partial charge < -0.3 is 10.4 Å². The van der Waals surface area contributed by atoms with Crippen LogP contribution < -0.4 is 10.6 Å². The summed E-state index contributed by atoms with van der Waals surface area (Å²) in [6, 6.07) is -0.441. The van der Waals surface area contributed by atoms with Crippen LogP contribution in [0, 0.1) is 5.92 Å². The predicted molar refractivity (Wildman–Crippen MR) is 72.7 cm³/mol. The average Bonchev–Trinajstić information content (AvgIpc) is 2.27. The third-order valence-corrected chi connectivity index (χ3v) is 3.11. The van der Waals surface area contributed by atoms with Gasteiger partial charge in [0.2, 0.25) is 5.91 Å². The van der Waals surface area contributed by atoms with E-state index in [0.29, 0.717) is 19.0 Å². The van der Waals surface area contributed by atoms with Crippen LogP contribution in [0.1, 0.15) is 33.1 Å². The van der Waals surface area contributed by atoms with E-state index in [1.807, 2.05) is 4.90 Å². The molecule has 0 unspecified atom stereocenters. The molecule has 1 fully saturated rings. The minimum Gasteiger partial charge on any atom is -0.392 e. The van der Waals surface area contributed by atoms with E-state index in [4.69, 9.17) is 0 Å². The summed E-state index contributed by atoms with van der Waals surface area (Å²) in [5, 5.41) is 14.4. The normalized spacial score (nSPS) is 20.3. The zero-order chi connectivity index (χ0) is 14.3. The number of likely N-dealkylation sites (tertiary alicyclic amines) is 1. The first-order valence-corrected chi connectivity index (χ1v) is 6.95. The molecule has 0 radical (unpaired) electrons. The zero-order valence-electron chi connectivity index (χ0n) is 11.8. The summed E-state index contributed by atoms with van der Waals surface area (Å²) >= 11 is 0. The summed E-state index contributed by atoms with van der Waals surface area (Å²) in [6.45, 7) is 6.18. The number of β-amino-alcohol motifs (C(OH)–C–C–N with tert-alkyl or cyclic N) is 1. The summed E-state index contributed by atoms with van der Waals surface area (Å²) in [5.41, 5.74) is 0. The fourth-order valence-electron chi connectivity index (χ4n) is 2.06. The van der Waals surface area contributed by atoms with Gasteiger partial charge in [0.25, 0.3) is 0 Å². The van der Waals surface area contributed by atoms with Gasteiger partial charge in [-0.25, -0.2) is 4.79 Å². The largest absolute Gasteiger partial charge is 0.392 e. The minimum atomic E-state index is -0.441. The number of carbonyl (C=O) groups is 2. The Morgan fingerprint density at radius 2 is 2.16 bits per heavy atom. The van der Waals surface area contributed by atoms with E-state index in [2.05, 4.69) is 24.5 Å². The van der Waals surface area contributed by atoms with Crippen molar-refractivity contribution in [3.8, 4) is 0 Å². The smallest absolute Gasteiger partial charge is 0.321 e. The van der Waals surface area contributed by atoms with E-state index < -0.39 is 6.03 Å². The van der Waals surface area contributed by atoms with Crippen LogP contribution in [0.5, 0.6) is 0 Å². The Labute approximate surface area is 114 Å². The van der Waals surface area contributed by atoms with Crippen molar-refractivity contribution in [3.05, 3.63) is 0 Å². The minimum absolute atomic E-state index is 0.161. The molecular formula is C13H25N3O3. The first-order valence-electron chi connectivity index (χ1n) is 6.95. The van der Waals surface area contributed by atoms with E-state index in [9.17, 15) is 14.7 Å². The van der Waals surface area contributed by atoms with Crippen LogP contribution in [0.3, 0.4) is 0 Å². The lowest BCUT2D eigenvalue weighted by Gasteiger charge is -2.29. The molecule has 0 spiro atoms. The van der Waals surface area contributed by atoms with Gasteiger partial charge in [-0.05, 0) is 31.7 Å². The molecule has 0 aromatic carbocycles. The number of hydrogen-bond donors (Lipinski definition) is 3. The lowest BCUT2D eigenvalue weighted by Crippen LogP contribution is -2.47. The second-order valence-electron chi connectivity index (χ2n) is 5.52.